The molecule has 1 aliphatic heterocycles. The number of hydrogen-bond acceptors (Lipinski definition) is 8. The molecule has 37 heavy (non-hydrogen) atoms. The number of hydrazine groups is 1. The number of thiazole rings is 1. The summed E-state index contributed by atoms with van der Waals surface area (Å²) < 4.78 is 16.0. The Hall–Kier alpha value is -3.78. The van der Waals surface area contributed by atoms with E-state index in [2.05, 4.69) is 40.8 Å². The summed E-state index contributed by atoms with van der Waals surface area (Å²) in [6, 6.07) is 16.2. The van der Waals surface area contributed by atoms with Crippen LogP contribution < -0.4 is 19.9 Å². The quantitative estimate of drug-likeness (QED) is 0.372. The maximum Gasteiger partial charge on any atom is 0.350 e. The zero-order chi connectivity index (χ0) is 25.9. The van der Waals surface area contributed by atoms with Crippen LogP contribution in [0.15, 0.2) is 65.4 Å². The second-order valence-corrected chi connectivity index (χ2v) is 9.96. The Labute approximate surface area is 221 Å². The van der Waals surface area contributed by atoms with Crippen LogP contribution in [0.25, 0.3) is 6.08 Å². The topological polar surface area (TPSA) is 72.9 Å². The van der Waals surface area contributed by atoms with Crippen LogP contribution in [0.2, 0.25) is 0 Å². The van der Waals surface area contributed by atoms with Gasteiger partial charge in [0.2, 0.25) is 5.13 Å². The number of carbonyl (C=O) groups is 1. The van der Waals surface area contributed by atoms with E-state index in [4.69, 9.17) is 19.2 Å². The molecule has 3 aromatic rings. The molecular weight excluding hydrogens is 486 g/mol. The fourth-order valence-corrected chi connectivity index (χ4v) is 5.85. The summed E-state index contributed by atoms with van der Waals surface area (Å²) in [5, 5.41) is 2.83. The number of allylic oxidation sites excluding steroid dienone is 1. The number of rotatable bonds is 7. The van der Waals surface area contributed by atoms with E-state index >= 15 is 0 Å². The number of esters is 1. The number of hydrogen-bond donors (Lipinski definition) is 1. The number of benzene rings is 2. The molecule has 0 radical (unpaired) electrons. The second-order valence-electron chi connectivity index (χ2n) is 8.99. The lowest BCUT2D eigenvalue weighted by Crippen LogP contribution is -2.34. The SMILES string of the molecule is CCOC(=O)c1sc(N2NC3=C(CCC/C3=C\c3ccc(OC)cc3)[C@@H]2c2ccc(OC)cc2)nc1C. The monoisotopic (exact) mass is 517 g/mol. The van der Waals surface area contributed by atoms with Gasteiger partial charge in [0, 0.05) is 0 Å². The molecule has 1 atom stereocenters. The number of ether oxygens (including phenoxy) is 3. The number of anilines is 1. The van der Waals surface area contributed by atoms with Gasteiger partial charge in [0.15, 0.2) is 0 Å². The summed E-state index contributed by atoms with van der Waals surface area (Å²) in [6.07, 6.45) is 5.26. The fraction of sp³-hybridized carbons (Fsp3) is 0.310. The largest absolute Gasteiger partial charge is 0.497 e. The zero-order valence-corrected chi connectivity index (χ0v) is 22.4. The van der Waals surface area contributed by atoms with Crippen molar-refractivity contribution in [3.05, 3.63) is 87.1 Å². The maximum atomic E-state index is 12.5. The van der Waals surface area contributed by atoms with Crippen LogP contribution in [0, 0.1) is 6.92 Å². The van der Waals surface area contributed by atoms with Gasteiger partial charge in [-0.25, -0.2) is 14.8 Å². The number of methoxy groups -OCH3 is 2. The molecule has 0 amide bonds. The summed E-state index contributed by atoms with van der Waals surface area (Å²) in [6.45, 7) is 4.00. The average molecular weight is 518 g/mol. The van der Waals surface area contributed by atoms with Crippen molar-refractivity contribution >= 4 is 28.5 Å². The van der Waals surface area contributed by atoms with Gasteiger partial charge in [-0.1, -0.05) is 35.6 Å². The molecule has 0 unspecified atom stereocenters. The molecule has 2 aromatic carbocycles. The smallest absolute Gasteiger partial charge is 0.350 e. The van der Waals surface area contributed by atoms with E-state index in [1.807, 2.05) is 38.1 Å². The summed E-state index contributed by atoms with van der Waals surface area (Å²) in [7, 11) is 3.35. The molecule has 2 aliphatic rings. The van der Waals surface area contributed by atoms with Gasteiger partial charge in [-0.05, 0) is 85.7 Å². The Morgan fingerprint density at radius 1 is 1.08 bits per heavy atom. The van der Waals surface area contributed by atoms with Crippen molar-refractivity contribution in [3.8, 4) is 11.5 Å². The lowest BCUT2D eigenvalue weighted by atomic mass is 9.86. The van der Waals surface area contributed by atoms with Crippen LogP contribution in [0.4, 0.5) is 5.13 Å². The third kappa shape index (κ3) is 4.93. The molecule has 8 heteroatoms. The summed E-state index contributed by atoms with van der Waals surface area (Å²) in [4.78, 5) is 17.9. The summed E-state index contributed by atoms with van der Waals surface area (Å²) in [5.74, 6) is 1.32. The molecule has 0 saturated heterocycles. The highest BCUT2D eigenvalue weighted by atomic mass is 32.1. The first-order valence-corrected chi connectivity index (χ1v) is 13.3. The maximum absolute atomic E-state index is 12.5. The second kappa shape index (κ2) is 10.7. The van der Waals surface area contributed by atoms with E-state index in [-0.39, 0.29) is 12.0 Å². The minimum atomic E-state index is -0.332. The lowest BCUT2D eigenvalue weighted by Gasteiger charge is -2.26. The Bertz CT molecular complexity index is 1340. The van der Waals surface area contributed by atoms with E-state index in [1.54, 1.807) is 14.2 Å². The highest BCUT2D eigenvalue weighted by molar-refractivity contribution is 7.17. The third-order valence-electron chi connectivity index (χ3n) is 6.70. The molecule has 7 nitrogen and oxygen atoms in total. The standard InChI is InChI=1S/C29H31N3O4S/c1-5-36-28(33)27-18(2)30-29(37-27)32-26(20-11-15-23(35-4)16-12-20)24-8-6-7-21(25(24)31-32)17-19-9-13-22(34-3)14-10-19/h9-17,26,31H,5-8H2,1-4H3/b21-17+/t26-/m0/s1. The van der Waals surface area contributed by atoms with E-state index in [9.17, 15) is 4.79 Å². The first-order chi connectivity index (χ1) is 18.0. The summed E-state index contributed by atoms with van der Waals surface area (Å²) in [5.41, 5.74) is 10.3. The number of aryl methyl sites for hydroxylation is 1. The van der Waals surface area contributed by atoms with Crippen molar-refractivity contribution < 1.29 is 19.0 Å². The Balaban J connectivity index is 1.56. The van der Waals surface area contributed by atoms with Crippen LogP contribution in [0.3, 0.4) is 0 Å². The van der Waals surface area contributed by atoms with Crippen LogP contribution in [-0.2, 0) is 4.74 Å². The molecule has 192 valence electrons. The summed E-state index contributed by atoms with van der Waals surface area (Å²) >= 11 is 1.36. The van der Waals surface area contributed by atoms with Crippen LogP contribution in [-0.4, -0.2) is 31.8 Å². The van der Waals surface area contributed by atoms with Crippen molar-refractivity contribution in [3.63, 3.8) is 0 Å². The number of aromatic nitrogens is 1. The first-order valence-electron chi connectivity index (χ1n) is 12.4. The van der Waals surface area contributed by atoms with E-state index in [0.717, 1.165) is 52.7 Å². The van der Waals surface area contributed by atoms with Gasteiger partial charge in [-0.15, -0.1) is 0 Å². The minimum Gasteiger partial charge on any atom is -0.497 e. The molecule has 0 fully saturated rings. The molecule has 0 spiro atoms. The molecule has 5 rings (SSSR count). The molecule has 1 N–H and O–H groups in total. The zero-order valence-electron chi connectivity index (χ0n) is 21.5. The normalized spacial score (nSPS) is 18.0. The van der Waals surface area contributed by atoms with Crippen molar-refractivity contribution in [2.75, 3.05) is 25.8 Å². The number of carbonyl (C=O) groups excluding carboxylic acids is 1. The molecule has 0 bridgehead atoms. The Kier molecular flexibility index (Phi) is 7.19. The molecule has 0 saturated carbocycles. The van der Waals surface area contributed by atoms with Crippen molar-refractivity contribution in [1.29, 1.82) is 0 Å². The van der Waals surface area contributed by atoms with Gasteiger partial charge in [0.1, 0.15) is 22.4 Å². The Morgan fingerprint density at radius 2 is 1.76 bits per heavy atom. The predicted molar refractivity (Wildman–Crippen MR) is 146 cm³/mol. The molecule has 2 heterocycles. The van der Waals surface area contributed by atoms with Gasteiger partial charge in [-0.2, -0.15) is 0 Å². The van der Waals surface area contributed by atoms with Gasteiger partial charge < -0.3 is 14.2 Å². The van der Waals surface area contributed by atoms with Crippen LogP contribution in [0.1, 0.15) is 58.7 Å². The van der Waals surface area contributed by atoms with Crippen LogP contribution >= 0.6 is 11.3 Å². The van der Waals surface area contributed by atoms with Crippen molar-refractivity contribution in [1.82, 2.24) is 10.4 Å². The Morgan fingerprint density at radius 3 is 2.41 bits per heavy atom. The highest BCUT2D eigenvalue weighted by Gasteiger charge is 2.38. The first kappa shape index (κ1) is 24.9. The molecule has 1 aromatic heterocycles. The van der Waals surface area contributed by atoms with Gasteiger partial charge >= 0.3 is 5.97 Å². The number of nitrogens with one attached hydrogen (secondary N) is 1. The fourth-order valence-electron chi connectivity index (χ4n) is 4.90. The highest BCUT2D eigenvalue weighted by Crippen LogP contribution is 2.46. The lowest BCUT2D eigenvalue weighted by molar-refractivity contribution is 0.0531. The molecular formula is C29H31N3O4S. The van der Waals surface area contributed by atoms with Crippen LogP contribution in [0.5, 0.6) is 11.5 Å². The number of nitrogens with zero attached hydrogens (tertiary/aromatic N) is 2. The van der Waals surface area contributed by atoms with Crippen molar-refractivity contribution in [2.45, 2.75) is 39.2 Å². The van der Waals surface area contributed by atoms with Crippen molar-refractivity contribution in [2.24, 2.45) is 0 Å². The van der Waals surface area contributed by atoms with Gasteiger partial charge in [0.05, 0.1) is 32.2 Å². The van der Waals surface area contributed by atoms with E-state index in [1.165, 1.54) is 22.5 Å². The molecule has 1 aliphatic carbocycles. The van der Waals surface area contributed by atoms with Gasteiger partial charge in [0.25, 0.3) is 0 Å². The van der Waals surface area contributed by atoms with E-state index < -0.39 is 0 Å². The van der Waals surface area contributed by atoms with Gasteiger partial charge in [-0.3, -0.25) is 5.43 Å². The minimum absolute atomic E-state index is 0.0546. The van der Waals surface area contributed by atoms with E-state index in [0.29, 0.717) is 17.2 Å². The predicted octanol–water partition coefficient (Wildman–Crippen LogP) is 6.23. The average Bonchev–Trinajstić information content (AvgIpc) is 3.51. The third-order valence-corrected chi connectivity index (χ3v) is 7.83.